The van der Waals surface area contributed by atoms with Crippen LogP contribution in [-0.2, 0) is 9.47 Å². The highest BCUT2D eigenvalue weighted by Gasteiger charge is 2.09. The van der Waals surface area contributed by atoms with Gasteiger partial charge in [-0.15, -0.1) is 0 Å². The fourth-order valence-electron chi connectivity index (χ4n) is 2.00. The first-order valence-corrected chi connectivity index (χ1v) is 8.16. The molecular formula is C17H28N2O4. The first-order valence-electron chi connectivity index (χ1n) is 8.16. The van der Waals surface area contributed by atoms with Gasteiger partial charge in [-0.1, -0.05) is 26.0 Å². The molecule has 1 aromatic rings. The molecule has 0 unspecified atom stereocenters. The second kappa shape index (κ2) is 11.7. The summed E-state index contributed by atoms with van der Waals surface area (Å²) in [5.41, 5.74) is 0.594. The molecule has 0 saturated heterocycles. The Bertz CT molecular complexity index is 450. The van der Waals surface area contributed by atoms with Gasteiger partial charge in [-0.25, -0.2) is 4.79 Å². The largest absolute Gasteiger partial charge is 0.489 e. The van der Waals surface area contributed by atoms with E-state index in [0.29, 0.717) is 37.9 Å². The average Bonchev–Trinajstić information content (AvgIpc) is 2.57. The summed E-state index contributed by atoms with van der Waals surface area (Å²) in [6.07, 6.45) is -0.474. The molecule has 0 aliphatic carbocycles. The predicted octanol–water partition coefficient (Wildman–Crippen LogP) is 2.99. The zero-order valence-electron chi connectivity index (χ0n) is 14.3. The van der Waals surface area contributed by atoms with E-state index < -0.39 is 6.09 Å². The first-order chi connectivity index (χ1) is 11.2. The van der Waals surface area contributed by atoms with Crippen LogP contribution in [0.15, 0.2) is 24.3 Å². The van der Waals surface area contributed by atoms with Crippen molar-refractivity contribution in [3.8, 4) is 5.75 Å². The molecule has 0 spiro atoms. The fourth-order valence-corrected chi connectivity index (χ4v) is 2.00. The van der Waals surface area contributed by atoms with Crippen LogP contribution in [0.1, 0.15) is 20.8 Å². The van der Waals surface area contributed by atoms with E-state index in [-0.39, 0.29) is 0 Å². The van der Waals surface area contributed by atoms with Crippen molar-refractivity contribution in [1.82, 2.24) is 4.90 Å². The highest BCUT2D eigenvalue weighted by molar-refractivity contribution is 5.86. The van der Waals surface area contributed by atoms with Gasteiger partial charge in [-0.3, -0.25) is 5.32 Å². The summed E-state index contributed by atoms with van der Waals surface area (Å²) in [6, 6.07) is 7.27. The number of anilines is 1. The zero-order valence-corrected chi connectivity index (χ0v) is 14.3. The van der Waals surface area contributed by atoms with E-state index in [1.54, 1.807) is 12.1 Å². The molecule has 1 amide bonds. The molecule has 6 heteroatoms. The van der Waals surface area contributed by atoms with Crippen LogP contribution >= 0.6 is 0 Å². The van der Waals surface area contributed by atoms with Gasteiger partial charge < -0.3 is 19.1 Å². The lowest BCUT2D eigenvalue weighted by atomic mass is 10.3. The molecule has 0 bridgehead atoms. The monoisotopic (exact) mass is 324 g/mol. The van der Waals surface area contributed by atoms with E-state index in [2.05, 4.69) is 24.1 Å². The molecule has 1 aromatic carbocycles. The highest BCUT2D eigenvalue weighted by Crippen LogP contribution is 2.23. The van der Waals surface area contributed by atoms with Gasteiger partial charge in [-0.2, -0.15) is 0 Å². The summed E-state index contributed by atoms with van der Waals surface area (Å²) in [5, 5.41) is 2.72. The number of hydrogen-bond acceptors (Lipinski definition) is 5. The maximum Gasteiger partial charge on any atom is 0.411 e. The molecule has 1 rings (SSSR count). The number of likely N-dealkylation sites (N-methyl/N-ethyl adjacent to an activating group) is 1. The molecule has 0 atom stereocenters. The second-order valence-electron chi connectivity index (χ2n) is 4.83. The molecule has 0 aliphatic heterocycles. The second-order valence-corrected chi connectivity index (χ2v) is 4.83. The number of amides is 1. The van der Waals surface area contributed by atoms with Gasteiger partial charge in [0.25, 0.3) is 0 Å². The van der Waals surface area contributed by atoms with E-state index in [1.165, 1.54) is 0 Å². The number of hydrogen-bond donors (Lipinski definition) is 1. The predicted molar refractivity (Wildman–Crippen MR) is 91.2 cm³/mol. The number of rotatable bonds is 11. The molecule has 0 radical (unpaired) electrons. The fraction of sp³-hybridized carbons (Fsp3) is 0.588. The first kappa shape index (κ1) is 19.3. The Morgan fingerprint density at radius 3 is 2.52 bits per heavy atom. The lowest BCUT2D eigenvalue weighted by Crippen LogP contribution is -2.28. The smallest absolute Gasteiger partial charge is 0.411 e. The van der Waals surface area contributed by atoms with Crippen molar-refractivity contribution in [1.29, 1.82) is 0 Å². The van der Waals surface area contributed by atoms with Crippen molar-refractivity contribution < 1.29 is 19.0 Å². The third kappa shape index (κ3) is 7.85. The number of ether oxygens (including phenoxy) is 3. The molecule has 0 fully saturated rings. The topological polar surface area (TPSA) is 60.0 Å². The van der Waals surface area contributed by atoms with E-state index >= 15 is 0 Å². The Hall–Kier alpha value is -1.79. The molecular weight excluding hydrogens is 296 g/mol. The summed E-state index contributed by atoms with van der Waals surface area (Å²) in [5.74, 6) is 0.605. The Labute approximate surface area is 138 Å². The minimum atomic E-state index is -0.474. The maximum absolute atomic E-state index is 11.9. The van der Waals surface area contributed by atoms with E-state index in [9.17, 15) is 4.79 Å². The third-order valence-corrected chi connectivity index (χ3v) is 3.35. The summed E-state index contributed by atoms with van der Waals surface area (Å²) >= 11 is 0. The lowest BCUT2D eigenvalue weighted by molar-refractivity contribution is 0.110. The van der Waals surface area contributed by atoms with Crippen molar-refractivity contribution in [2.75, 3.05) is 51.4 Å². The number of nitrogens with zero attached hydrogens (tertiary/aromatic N) is 1. The number of carbonyl (C=O) groups is 1. The van der Waals surface area contributed by atoms with Crippen LogP contribution in [0.2, 0.25) is 0 Å². The lowest BCUT2D eigenvalue weighted by Gasteiger charge is -2.18. The highest BCUT2D eigenvalue weighted by atomic mass is 16.5. The Kier molecular flexibility index (Phi) is 9.83. The molecule has 1 N–H and O–H groups in total. The molecule has 0 aliphatic rings. The third-order valence-electron chi connectivity index (χ3n) is 3.35. The number of nitrogens with one attached hydrogen (secondary N) is 1. The van der Waals surface area contributed by atoms with Gasteiger partial charge in [0.2, 0.25) is 0 Å². The SMILES string of the molecule is CCOCCOc1ccccc1NC(=O)OCCN(CC)CC. The molecule has 23 heavy (non-hydrogen) atoms. The maximum atomic E-state index is 11.9. The van der Waals surface area contributed by atoms with Crippen LogP contribution < -0.4 is 10.1 Å². The normalized spacial score (nSPS) is 10.6. The van der Waals surface area contributed by atoms with Gasteiger partial charge in [0.15, 0.2) is 0 Å². The molecule has 130 valence electrons. The number of para-hydroxylation sites is 2. The summed E-state index contributed by atoms with van der Waals surface area (Å²) in [6.45, 7) is 10.7. The summed E-state index contributed by atoms with van der Waals surface area (Å²) < 4.78 is 16.1. The van der Waals surface area contributed by atoms with Crippen LogP contribution in [0, 0.1) is 0 Å². The number of benzene rings is 1. The molecule has 0 heterocycles. The van der Waals surface area contributed by atoms with Crippen LogP contribution in [-0.4, -0.2) is 57.1 Å². The van der Waals surface area contributed by atoms with Crippen molar-refractivity contribution in [3.63, 3.8) is 0 Å². The van der Waals surface area contributed by atoms with Crippen molar-refractivity contribution in [2.45, 2.75) is 20.8 Å². The Balaban J connectivity index is 2.41. The van der Waals surface area contributed by atoms with Gasteiger partial charge in [0, 0.05) is 13.2 Å². The minimum Gasteiger partial charge on any atom is -0.489 e. The minimum absolute atomic E-state index is 0.362. The van der Waals surface area contributed by atoms with Crippen LogP contribution in [0.3, 0.4) is 0 Å². The van der Waals surface area contributed by atoms with E-state index in [1.807, 2.05) is 19.1 Å². The van der Waals surface area contributed by atoms with Crippen LogP contribution in [0.25, 0.3) is 0 Å². The standard InChI is InChI=1S/C17H28N2O4/c1-4-19(5-2)11-12-23-17(20)18-15-9-7-8-10-16(15)22-14-13-21-6-3/h7-10H,4-6,11-14H2,1-3H3,(H,18,20). The Morgan fingerprint density at radius 2 is 1.83 bits per heavy atom. The van der Waals surface area contributed by atoms with Gasteiger partial charge in [0.05, 0.1) is 12.3 Å². The van der Waals surface area contributed by atoms with Crippen molar-refractivity contribution in [3.05, 3.63) is 24.3 Å². The Morgan fingerprint density at radius 1 is 1.09 bits per heavy atom. The average molecular weight is 324 g/mol. The van der Waals surface area contributed by atoms with Crippen molar-refractivity contribution >= 4 is 11.8 Å². The van der Waals surface area contributed by atoms with Crippen LogP contribution in [0.5, 0.6) is 5.75 Å². The van der Waals surface area contributed by atoms with Gasteiger partial charge >= 0.3 is 6.09 Å². The number of carbonyl (C=O) groups excluding carboxylic acids is 1. The zero-order chi connectivity index (χ0) is 16.9. The van der Waals surface area contributed by atoms with Crippen molar-refractivity contribution in [2.24, 2.45) is 0 Å². The quantitative estimate of drug-likeness (QED) is 0.634. The summed E-state index contributed by atoms with van der Waals surface area (Å²) in [7, 11) is 0. The van der Waals surface area contributed by atoms with Gasteiger partial charge in [0.1, 0.15) is 19.0 Å². The van der Waals surface area contributed by atoms with Crippen LogP contribution in [0.4, 0.5) is 10.5 Å². The molecule has 6 nitrogen and oxygen atoms in total. The molecule has 0 saturated carbocycles. The van der Waals surface area contributed by atoms with Gasteiger partial charge in [-0.05, 0) is 32.1 Å². The summed E-state index contributed by atoms with van der Waals surface area (Å²) in [4.78, 5) is 14.1. The molecule has 0 aromatic heterocycles. The van der Waals surface area contributed by atoms with E-state index in [0.717, 1.165) is 19.6 Å². The van der Waals surface area contributed by atoms with E-state index in [4.69, 9.17) is 14.2 Å².